The van der Waals surface area contributed by atoms with E-state index >= 15 is 0 Å². The lowest BCUT2D eigenvalue weighted by molar-refractivity contribution is -0.146. The van der Waals surface area contributed by atoms with Crippen molar-refractivity contribution in [1.29, 1.82) is 0 Å². The molecule has 1 aromatic rings. The number of ether oxygens (including phenoxy) is 1. The summed E-state index contributed by atoms with van der Waals surface area (Å²) in [6.45, 7) is 1.97. The quantitative estimate of drug-likeness (QED) is 0.744. The van der Waals surface area contributed by atoms with Crippen LogP contribution >= 0.6 is 11.5 Å². The van der Waals surface area contributed by atoms with Crippen molar-refractivity contribution >= 4 is 17.5 Å². The van der Waals surface area contributed by atoms with Gasteiger partial charge in [-0.15, -0.1) is 0 Å². The molecular weight excluding hydrogens is 224 g/mol. The van der Waals surface area contributed by atoms with Gasteiger partial charge in [-0.25, -0.2) is 4.98 Å². The van der Waals surface area contributed by atoms with Gasteiger partial charge in [-0.3, -0.25) is 4.79 Å². The van der Waals surface area contributed by atoms with E-state index in [0.29, 0.717) is 5.92 Å². The summed E-state index contributed by atoms with van der Waals surface area (Å²) in [5.74, 6) is 1.42. The average Bonchev–Trinajstić information content (AvgIpc) is 2.75. The zero-order chi connectivity index (χ0) is 11.5. The summed E-state index contributed by atoms with van der Waals surface area (Å²) in [5.41, 5.74) is 0. The second-order valence-electron chi connectivity index (χ2n) is 4.24. The van der Waals surface area contributed by atoms with Crippen molar-refractivity contribution in [1.82, 2.24) is 9.36 Å². The van der Waals surface area contributed by atoms with E-state index in [0.717, 1.165) is 36.5 Å². The Morgan fingerprint density at radius 2 is 2.06 bits per heavy atom. The number of rotatable bonds is 2. The van der Waals surface area contributed by atoms with Crippen molar-refractivity contribution in [3.05, 3.63) is 10.8 Å². The molecule has 1 aliphatic rings. The number of carbonyl (C=O) groups excluding carboxylic acids is 1. The molecule has 0 aliphatic heterocycles. The highest BCUT2D eigenvalue weighted by atomic mass is 32.1. The van der Waals surface area contributed by atoms with Crippen LogP contribution in [0.15, 0.2) is 0 Å². The monoisotopic (exact) mass is 240 g/mol. The molecule has 0 atom stereocenters. The summed E-state index contributed by atoms with van der Waals surface area (Å²) in [6.07, 6.45) is 3.79. The Morgan fingerprint density at radius 1 is 1.38 bits per heavy atom. The van der Waals surface area contributed by atoms with Crippen LogP contribution in [-0.4, -0.2) is 22.4 Å². The Bertz CT molecular complexity index is 370. The Labute approximate surface area is 99.2 Å². The van der Waals surface area contributed by atoms with E-state index in [-0.39, 0.29) is 11.9 Å². The minimum atomic E-state index is -0.0686. The van der Waals surface area contributed by atoms with Crippen LogP contribution in [0.2, 0.25) is 0 Å². The second-order valence-corrected chi connectivity index (χ2v) is 5.20. The van der Waals surface area contributed by atoms with Gasteiger partial charge in [0.2, 0.25) is 0 Å². The average molecular weight is 240 g/mol. The highest BCUT2D eigenvalue weighted by Crippen LogP contribution is 2.35. The van der Waals surface area contributed by atoms with Crippen molar-refractivity contribution in [2.45, 2.75) is 38.5 Å². The van der Waals surface area contributed by atoms with Crippen molar-refractivity contribution in [3.63, 3.8) is 0 Å². The third-order valence-electron chi connectivity index (χ3n) is 3.17. The van der Waals surface area contributed by atoms with Gasteiger partial charge in [-0.1, -0.05) is 0 Å². The number of nitrogens with zero attached hydrogens (tertiary/aromatic N) is 2. The smallest absolute Gasteiger partial charge is 0.308 e. The summed E-state index contributed by atoms with van der Waals surface area (Å²) in [4.78, 5) is 15.8. The van der Waals surface area contributed by atoms with Crippen LogP contribution in [-0.2, 0) is 9.53 Å². The first-order chi connectivity index (χ1) is 7.70. The van der Waals surface area contributed by atoms with E-state index in [1.807, 2.05) is 6.92 Å². The van der Waals surface area contributed by atoms with E-state index in [1.54, 1.807) is 0 Å². The molecule has 0 N–H and O–H groups in total. The third kappa shape index (κ3) is 2.40. The van der Waals surface area contributed by atoms with Crippen molar-refractivity contribution in [2.24, 2.45) is 5.92 Å². The molecular formula is C11H16N2O2S. The maximum absolute atomic E-state index is 11.4. The Kier molecular flexibility index (Phi) is 3.53. The Balaban J connectivity index is 1.92. The summed E-state index contributed by atoms with van der Waals surface area (Å²) in [7, 11) is 1.46. The molecule has 1 saturated carbocycles. The topological polar surface area (TPSA) is 52.1 Å². The van der Waals surface area contributed by atoms with Crippen LogP contribution in [0.5, 0.6) is 0 Å². The largest absolute Gasteiger partial charge is 0.469 e. The Hall–Kier alpha value is -0.970. The predicted molar refractivity (Wildman–Crippen MR) is 61.4 cm³/mol. The maximum atomic E-state index is 11.4. The van der Waals surface area contributed by atoms with Gasteiger partial charge in [0.05, 0.1) is 13.0 Å². The summed E-state index contributed by atoms with van der Waals surface area (Å²) >= 11 is 1.46. The van der Waals surface area contributed by atoms with Crippen LogP contribution in [0.3, 0.4) is 0 Å². The maximum Gasteiger partial charge on any atom is 0.308 e. The molecule has 0 saturated heterocycles. The van der Waals surface area contributed by atoms with E-state index in [1.165, 1.54) is 18.6 Å². The fourth-order valence-electron chi connectivity index (χ4n) is 2.23. The molecule has 4 nitrogen and oxygen atoms in total. The second kappa shape index (κ2) is 4.91. The zero-order valence-corrected chi connectivity index (χ0v) is 10.4. The van der Waals surface area contributed by atoms with E-state index in [4.69, 9.17) is 4.74 Å². The van der Waals surface area contributed by atoms with E-state index in [9.17, 15) is 4.79 Å². The van der Waals surface area contributed by atoms with Gasteiger partial charge in [-0.05, 0) is 44.1 Å². The molecule has 0 aromatic carbocycles. The number of aryl methyl sites for hydroxylation is 1. The van der Waals surface area contributed by atoms with Crippen LogP contribution in [0.1, 0.15) is 42.4 Å². The molecule has 0 spiro atoms. The minimum Gasteiger partial charge on any atom is -0.469 e. The molecule has 0 radical (unpaired) electrons. The fourth-order valence-corrected chi connectivity index (χ4v) is 2.78. The lowest BCUT2D eigenvalue weighted by atomic mass is 9.82. The fraction of sp³-hybridized carbons (Fsp3) is 0.727. The third-order valence-corrected chi connectivity index (χ3v) is 3.80. The van der Waals surface area contributed by atoms with Gasteiger partial charge in [0.25, 0.3) is 0 Å². The number of hydrogen-bond acceptors (Lipinski definition) is 5. The molecule has 1 fully saturated rings. The molecule has 1 aromatic heterocycles. The normalized spacial score (nSPS) is 25.4. The molecule has 2 rings (SSSR count). The number of hydrogen-bond donors (Lipinski definition) is 0. The molecule has 0 amide bonds. The van der Waals surface area contributed by atoms with E-state index < -0.39 is 0 Å². The summed E-state index contributed by atoms with van der Waals surface area (Å²) in [6, 6.07) is 0. The SMILES string of the molecule is COC(=O)C1CCC(c2nsc(C)n2)CC1. The minimum absolute atomic E-state index is 0.0686. The molecule has 1 heterocycles. The highest BCUT2D eigenvalue weighted by molar-refractivity contribution is 7.05. The number of esters is 1. The van der Waals surface area contributed by atoms with Gasteiger partial charge in [0, 0.05) is 5.92 Å². The van der Waals surface area contributed by atoms with Crippen molar-refractivity contribution in [2.75, 3.05) is 7.11 Å². The summed E-state index contributed by atoms with van der Waals surface area (Å²) < 4.78 is 9.11. The number of carbonyl (C=O) groups is 1. The van der Waals surface area contributed by atoms with Gasteiger partial charge in [0.1, 0.15) is 10.8 Å². The molecule has 0 bridgehead atoms. The lowest BCUT2D eigenvalue weighted by Gasteiger charge is -2.24. The zero-order valence-electron chi connectivity index (χ0n) is 9.60. The molecule has 0 unspecified atom stereocenters. The Morgan fingerprint density at radius 3 is 2.56 bits per heavy atom. The standard InChI is InChI=1S/C11H16N2O2S/c1-7-12-10(13-16-7)8-3-5-9(6-4-8)11(14)15-2/h8-9H,3-6H2,1-2H3. The number of methoxy groups -OCH3 is 1. The first-order valence-corrected chi connectivity index (χ1v) is 6.36. The molecule has 88 valence electrons. The highest BCUT2D eigenvalue weighted by Gasteiger charge is 2.29. The first kappa shape index (κ1) is 11.5. The predicted octanol–water partition coefficient (Wildman–Crippen LogP) is 2.29. The van der Waals surface area contributed by atoms with Crippen molar-refractivity contribution in [3.8, 4) is 0 Å². The van der Waals surface area contributed by atoms with E-state index in [2.05, 4.69) is 9.36 Å². The van der Waals surface area contributed by atoms with Crippen LogP contribution in [0, 0.1) is 12.8 Å². The molecule has 16 heavy (non-hydrogen) atoms. The van der Waals surface area contributed by atoms with Gasteiger partial charge >= 0.3 is 5.97 Å². The molecule has 1 aliphatic carbocycles. The van der Waals surface area contributed by atoms with Gasteiger partial charge in [-0.2, -0.15) is 4.37 Å². The van der Waals surface area contributed by atoms with Crippen molar-refractivity contribution < 1.29 is 9.53 Å². The van der Waals surface area contributed by atoms with Gasteiger partial charge < -0.3 is 4.74 Å². The van der Waals surface area contributed by atoms with Crippen LogP contribution < -0.4 is 0 Å². The number of aromatic nitrogens is 2. The lowest BCUT2D eigenvalue weighted by Crippen LogP contribution is -2.22. The summed E-state index contributed by atoms with van der Waals surface area (Å²) in [5, 5.41) is 1.02. The van der Waals surface area contributed by atoms with Crippen LogP contribution in [0.25, 0.3) is 0 Å². The first-order valence-electron chi connectivity index (χ1n) is 5.58. The molecule has 5 heteroatoms. The van der Waals surface area contributed by atoms with Crippen LogP contribution in [0.4, 0.5) is 0 Å². The van der Waals surface area contributed by atoms with Gasteiger partial charge in [0.15, 0.2) is 0 Å².